The van der Waals surface area contributed by atoms with Crippen molar-refractivity contribution in [2.24, 2.45) is 4.99 Å². The number of carbonyl (C=O) groups excluding carboxylic acids is 3. The SMILES string of the molecule is O=C1CC=NC2=C1c1cccnc1C(=O)C2=O. The average Bonchev–Trinajstić information content (AvgIpc) is 2.36. The summed E-state index contributed by atoms with van der Waals surface area (Å²) in [6, 6.07) is 3.23. The third kappa shape index (κ3) is 1.22. The van der Waals surface area contributed by atoms with Gasteiger partial charge in [-0.15, -0.1) is 0 Å². The Balaban J connectivity index is 2.38. The van der Waals surface area contributed by atoms with Gasteiger partial charge in [0.05, 0.1) is 5.57 Å². The van der Waals surface area contributed by atoms with E-state index in [4.69, 9.17) is 0 Å². The lowest BCUT2D eigenvalue weighted by Crippen LogP contribution is -2.28. The minimum atomic E-state index is -0.754. The van der Waals surface area contributed by atoms with E-state index in [-0.39, 0.29) is 29.2 Å². The van der Waals surface area contributed by atoms with E-state index < -0.39 is 11.6 Å². The molecule has 17 heavy (non-hydrogen) atoms. The molecule has 5 nitrogen and oxygen atoms in total. The van der Waals surface area contributed by atoms with Crippen LogP contribution in [0.25, 0.3) is 5.57 Å². The Morgan fingerprint density at radius 2 is 1.94 bits per heavy atom. The van der Waals surface area contributed by atoms with Crippen LogP contribution in [0.15, 0.2) is 29.0 Å². The van der Waals surface area contributed by atoms with Gasteiger partial charge in [0.25, 0.3) is 11.6 Å². The van der Waals surface area contributed by atoms with Crippen molar-refractivity contribution in [1.82, 2.24) is 4.98 Å². The van der Waals surface area contributed by atoms with Crippen molar-refractivity contribution in [3.05, 3.63) is 35.3 Å². The highest BCUT2D eigenvalue weighted by molar-refractivity contribution is 6.55. The highest BCUT2D eigenvalue weighted by Gasteiger charge is 2.37. The van der Waals surface area contributed by atoms with Gasteiger partial charge in [0.15, 0.2) is 5.78 Å². The van der Waals surface area contributed by atoms with Gasteiger partial charge >= 0.3 is 0 Å². The fraction of sp³-hybridized carbons (Fsp3) is 0.0833. The summed E-state index contributed by atoms with van der Waals surface area (Å²) in [6.45, 7) is 0. The summed E-state index contributed by atoms with van der Waals surface area (Å²) in [5.41, 5.74) is 0.627. The van der Waals surface area contributed by atoms with Gasteiger partial charge in [-0.05, 0) is 6.07 Å². The first-order valence-electron chi connectivity index (χ1n) is 5.04. The van der Waals surface area contributed by atoms with Gasteiger partial charge < -0.3 is 0 Å². The van der Waals surface area contributed by atoms with Gasteiger partial charge in [-0.2, -0.15) is 0 Å². The Labute approximate surface area is 95.9 Å². The molecular formula is C12H6N2O3. The third-order valence-corrected chi connectivity index (χ3v) is 2.73. The number of Topliss-reactive ketones (excluding diaryl/α,β-unsaturated/α-hetero) is 3. The summed E-state index contributed by atoms with van der Waals surface area (Å²) in [4.78, 5) is 43.0. The van der Waals surface area contributed by atoms with Crippen molar-refractivity contribution in [2.75, 3.05) is 0 Å². The number of nitrogens with zero attached hydrogens (tertiary/aromatic N) is 2. The first-order chi connectivity index (χ1) is 8.20. The second kappa shape index (κ2) is 3.28. The van der Waals surface area contributed by atoms with Crippen LogP contribution in [0, 0.1) is 0 Å². The van der Waals surface area contributed by atoms with Crippen LogP contribution in [0.2, 0.25) is 0 Å². The maximum Gasteiger partial charge on any atom is 0.254 e. The van der Waals surface area contributed by atoms with E-state index in [9.17, 15) is 14.4 Å². The number of carbonyl (C=O) groups is 3. The van der Waals surface area contributed by atoms with Gasteiger partial charge in [0, 0.05) is 24.4 Å². The molecule has 2 heterocycles. The number of hydrogen-bond donors (Lipinski definition) is 0. The molecule has 2 aliphatic rings. The van der Waals surface area contributed by atoms with Crippen LogP contribution >= 0.6 is 0 Å². The number of rotatable bonds is 0. The van der Waals surface area contributed by atoms with Crippen LogP contribution in [0.1, 0.15) is 22.5 Å². The number of aliphatic imine (C=N–C) groups is 1. The fourth-order valence-electron chi connectivity index (χ4n) is 1.97. The molecule has 3 rings (SSSR count). The molecule has 0 unspecified atom stereocenters. The van der Waals surface area contributed by atoms with Crippen LogP contribution in [0.3, 0.4) is 0 Å². The Bertz CT molecular complexity index is 641. The number of fused-ring (bicyclic) bond motifs is 2. The smallest absolute Gasteiger partial charge is 0.254 e. The Morgan fingerprint density at radius 1 is 1.12 bits per heavy atom. The highest BCUT2D eigenvalue weighted by atomic mass is 16.2. The molecule has 1 aliphatic carbocycles. The lowest BCUT2D eigenvalue weighted by atomic mass is 9.86. The second-order valence-electron chi connectivity index (χ2n) is 3.72. The summed E-state index contributed by atoms with van der Waals surface area (Å²) in [5.74, 6) is -1.66. The van der Waals surface area contributed by atoms with E-state index in [1.807, 2.05) is 0 Å². The minimum absolute atomic E-state index is 0.0432. The summed E-state index contributed by atoms with van der Waals surface area (Å²) in [5, 5.41) is 0. The molecule has 0 bridgehead atoms. The molecule has 1 aromatic rings. The van der Waals surface area contributed by atoms with Gasteiger partial charge in [-0.25, -0.2) is 0 Å². The zero-order valence-electron chi connectivity index (χ0n) is 8.64. The lowest BCUT2D eigenvalue weighted by Gasteiger charge is -2.19. The Kier molecular flexibility index (Phi) is 1.89. The van der Waals surface area contributed by atoms with E-state index in [1.54, 1.807) is 12.1 Å². The average molecular weight is 226 g/mol. The highest BCUT2D eigenvalue weighted by Crippen LogP contribution is 2.31. The van der Waals surface area contributed by atoms with Crippen LogP contribution in [-0.2, 0) is 9.59 Å². The Morgan fingerprint density at radius 3 is 2.76 bits per heavy atom. The van der Waals surface area contributed by atoms with Gasteiger partial charge in [-0.1, -0.05) is 6.07 Å². The maximum atomic E-state index is 11.8. The molecule has 0 N–H and O–H groups in total. The fourth-order valence-corrected chi connectivity index (χ4v) is 1.97. The predicted octanol–water partition coefficient (Wildman–Crippen LogP) is 0.602. The van der Waals surface area contributed by atoms with E-state index in [2.05, 4.69) is 9.98 Å². The first kappa shape index (κ1) is 9.77. The number of hydrogen-bond acceptors (Lipinski definition) is 5. The van der Waals surface area contributed by atoms with E-state index in [0.717, 1.165) is 0 Å². The molecule has 82 valence electrons. The molecule has 0 saturated heterocycles. The van der Waals surface area contributed by atoms with Crippen LogP contribution in [0.5, 0.6) is 0 Å². The van der Waals surface area contributed by atoms with Crippen LogP contribution in [-0.4, -0.2) is 28.5 Å². The molecule has 0 fully saturated rings. The molecule has 0 spiro atoms. The largest absolute Gasteiger partial charge is 0.294 e. The van der Waals surface area contributed by atoms with Crippen molar-refractivity contribution >= 4 is 29.1 Å². The monoisotopic (exact) mass is 226 g/mol. The van der Waals surface area contributed by atoms with Crippen molar-refractivity contribution in [3.8, 4) is 0 Å². The molecule has 0 radical (unpaired) electrons. The molecule has 5 heteroatoms. The van der Waals surface area contributed by atoms with E-state index in [0.29, 0.717) is 5.56 Å². The van der Waals surface area contributed by atoms with Crippen LogP contribution < -0.4 is 0 Å². The first-order valence-corrected chi connectivity index (χ1v) is 5.04. The Hall–Kier alpha value is -2.43. The summed E-state index contributed by atoms with van der Waals surface area (Å²) in [7, 11) is 0. The molecule has 0 atom stereocenters. The van der Waals surface area contributed by atoms with Crippen molar-refractivity contribution in [2.45, 2.75) is 6.42 Å². The van der Waals surface area contributed by atoms with E-state index in [1.165, 1.54) is 12.4 Å². The molecule has 1 aromatic heterocycles. The van der Waals surface area contributed by atoms with E-state index >= 15 is 0 Å². The van der Waals surface area contributed by atoms with Crippen molar-refractivity contribution in [3.63, 3.8) is 0 Å². The second-order valence-corrected chi connectivity index (χ2v) is 3.72. The predicted molar refractivity (Wildman–Crippen MR) is 58.6 cm³/mol. The standard InChI is InChI=1S/C12H6N2O3/c15-7-3-5-14-10-8(7)6-2-1-4-13-9(6)11(16)12(10)17/h1-2,4-5H,3H2. The third-order valence-electron chi connectivity index (χ3n) is 2.73. The number of allylic oxidation sites excluding steroid dienone is 2. The number of pyridine rings is 1. The quantitative estimate of drug-likeness (QED) is 0.607. The molecular weight excluding hydrogens is 220 g/mol. The van der Waals surface area contributed by atoms with Crippen molar-refractivity contribution < 1.29 is 14.4 Å². The maximum absolute atomic E-state index is 11.8. The van der Waals surface area contributed by atoms with Crippen LogP contribution in [0.4, 0.5) is 0 Å². The zero-order valence-corrected chi connectivity index (χ0v) is 8.64. The lowest BCUT2D eigenvalue weighted by molar-refractivity contribution is -0.114. The minimum Gasteiger partial charge on any atom is -0.294 e. The topological polar surface area (TPSA) is 76.5 Å². The van der Waals surface area contributed by atoms with Crippen molar-refractivity contribution in [1.29, 1.82) is 0 Å². The summed E-state index contributed by atoms with van der Waals surface area (Å²) < 4.78 is 0. The molecule has 0 saturated carbocycles. The molecule has 0 amide bonds. The molecule has 1 aliphatic heterocycles. The van der Waals surface area contributed by atoms with Gasteiger partial charge in [0.2, 0.25) is 0 Å². The normalized spacial score (nSPS) is 18.2. The zero-order chi connectivity index (χ0) is 12.0. The summed E-state index contributed by atoms with van der Waals surface area (Å²) in [6.07, 6.45) is 2.93. The van der Waals surface area contributed by atoms with Gasteiger partial charge in [0.1, 0.15) is 11.4 Å². The number of ketones is 3. The summed E-state index contributed by atoms with van der Waals surface area (Å²) >= 11 is 0. The molecule has 0 aromatic carbocycles. The number of aromatic nitrogens is 1. The van der Waals surface area contributed by atoms with Gasteiger partial charge in [-0.3, -0.25) is 24.4 Å².